The second kappa shape index (κ2) is 3.65. The molecule has 3 heterocycles. The molecule has 0 aliphatic heterocycles. The van der Waals surface area contributed by atoms with Crippen molar-refractivity contribution in [3.05, 3.63) is 54.6 Å². The van der Waals surface area contributed by atoms with Crippen LogP contribution >= 0.6 is 0 Å². The molecular formula is C14H9FN4. The number of nitrogens with one attached hydrogen (secondary N) is 1. The Hall–Kier alpha value is -2.69. The predicted molar refractivity (Wildman–Crippen MR) is 70.2 cm³/mol. The molecular weight excluding hydrogens is 243 g/mol. The minimum absolute atomic E-state index is 0.267. The third kappa shape index (κ3) is 1.52. The molecule has 0 radical (unpaired) electrons. The fourth-order valence-electron chi connectivity index (χ4n) is 2.22. The lowest BCUT2D eigenvalue weighted by Crippen LogP contribution is -1.84. The molecule has 0 spiro atoms. The molecule has 5 heteroatoms. The zero-order chi connectivity index (χ0) is 12.8. The molecule has 0 saturated carbocycles. The van der Waals surface area contributed by atoms with Crippen molar-refractivity contribution in [2.24, 2.45) is 0 Å². The van der Waals surface area contributed by atoms with Gasteiger partial charge in [-0.3, -0.25) is 0 Å². The van der Waals surface area contributed by atoms with E-state index in [4.69, 9.17) is 0 Å². The summed E-state index contributed by atoms with van der Waals surface area (Å²) in [4.78, 5) is 7.55. The van der Waals surface area contributed by atoms with Gasteiger partial charge >= 0.3 is 0 Å². The topological polar surface area (TPSA) is 46.0 Å². The van der Waals surface area contributed by atoms with Crippen molar-refractivity contribution < 1.29 is 4.39 Å². The highest BCUT2D eigenvalue weighted by atomic mass is 19.1. The van der Waals surface area contributed by atoms with Crippen LogP contribution in [0, 0.1) is 5.82 Å². The fraction of sp³-hybridized carbons (Fsp3) is 0. The molecule has 1 N–H and O–H groups in total. The first-order chi connectivity index (χ1) is 9.31. The minimum atomic E-state index is -0.267. The molecule has 0 atom stereocenters. The van der Waals surface area contributed by atoms with E-state index in [0.29, 0.717) is 5.82 Å². The van der Waals surface area contributed by atoms with Crippen LogP contribution in [-0.4, -0.2) is 19.6 Å². The molecule has 4 nitrogen and oxygen atoms in total. The quantitative estimate of drug-likeness (QED) is 0.566. The Labute approximate surface area is 107 Å². The molecule has 0 fully saturated rings. The maximum atomic E-state index is 13.4. The molecule has 4 rings (SSSR count). The fourth-order valence-corrected chi connectivity index (χ4v) is 2.22. The second-order valence-corrected chi connectivity index (χ2v) is 4.33. The third-order valence-electron chi connectivity index (χ3n) is 3.13. The van der Waals surface area contributed by atoms with Crippen LogP contribution in [0.1, 0.15) is 0 Å². The van der Waals surface area contributed by atoms with Crippen molar-refractivity contribution in [3.8, 4) is 11.4 Å². The van der Waals surface area contributed by atoms with E-state index in [9.17, 15) is 4.39 Å². The second-order valence-electron chi connectivity index (χ2n) is 4.33. The van der Waals surface area contributed by atoms with Gasteiger partial charge in [-0.25, -0.2) is 13.9 Å². The van der Waals surface area contributed by atoms with Crippen molar-refractivity contribution in [1.82, 2.24) is 19.6 Å². The van der Waals surface area contributed by atoms with Gasteiger partial charge in [0.1, 0.15) is 5.82 Å². The Kier molecular flexibility index (Phi) is 1.97. The molecule has 0 saturated heterocycles. The molecule has 1 aromatic carbocycles. The largest absolute Gasteiger partial charge is 0.360 e. The van der Waals surface area contributed by atoms with Gasteiger partial charge in [-0.1, -0.05) is 6.07 Å². The Morgan fingerprint density at radius 2 is 2.11 bits per heavy atom. The molecule has 0 unspecified atom stereocenters. The van der Waals surface area contributed by atoms with Crippen LogP contribution in [0.3, 0.4) is 0 Å². The highest BCUT2D eigenvalue weighted by molar-refractivity contribution is 5.93. The molecule has 19 heavy (non-hydrogen) atoms. The zero-order valence-corrected chi connectivity index (χ0v) is 9.84. The number of rotatable bonds is 1. The van der Waals surface area contributed by atoms with Crippen LogP contribution in [-0.2, 0) is 0 Å². The summed E-state index contributed by atoms with van der Waals surface area (Å²) in [6, 6.07) is 10.3. The summed E-state index contributed by atoms with van der Waals surface area (Å²) in [5.74, 6) is 0.320. The number of aromatic nitrogens is 4. The summed E-state index contributed by atoms with van der Waals surface area (Å²) in [7, 11) is 0. The normalized spacial score (nSPS) is 11.4. The Balaban J connectivity index is 2.00. The van der Waals surface area contributed by atoms with Crippen molar-refractivity contribution in [2.45, 2.75) is 0 Å². The van der Waals surface area contributed by atoms with Gasteiger partial charge in [0.15, 0.2) is 11.5 Å². The number of halogens is 1. The van der Waals surface area contributed by atoms with Crippen LogP contribution in [0.2, 0.25) is 0 Å². The Bertz CT molecular complexity index is 858. The first-order valence-corrected chi connectivity index (χ1v) is 5.90. The number of fused-ring (bicyclic) bond motifs is 2. The van der Waals surface area contributed by atoms with Gasteiger partial charge in [-0.05, 0) is 30.3 Å². The monoisotopic (exact) mass is 252 g/mol. The average molecular weight is 252 g/mol. The third-order valence-corrected chi connectivity index (χ3v) is 3.13. The van der Waals surface area contributed by atoms with Gasteiger partial charge in [0.2, 0.25) is 0 Å². The van der Waals surface area contributed by atoms with E-state index in [1.165, 1.54) is 12.1 Å². The van der Waals surface area contributed by atoms with Gasteiger partial charge in [-0.2, -0.15) is 0 Å². The molecule has 92 valence electrons. The van der Waals surface area contributed by atoms with Crippen molar-refractivity contribution in [2.75, 3.05) is 0 Å². The molecule has 3 aromatic heterocycles. The number of benzene rings is 1. The van der Waals surface area contributed by atoms with Crippen molar-refractivity contribution >= 4 is 16.6 Å². The first-order valence-electron chi connectivity index (χ1n) is 5.90. The summed E-state index contributed by atoms with van der Waals surface area (Å²) in [6.07, 6.45) is 3.64. The summed E-state index contributed by atoms with van der Waals surface area (Å²) < 4.78 is 15.1. The first kappa shape index (κ1) is 10.3. The number of pyridine rings is 1. The number of nitrogens with zero attached hydrogens (tertiary/aromatic N) is 3. The van der Waals surface area contributed by atoms with E-state index in [2.05, 4.69) is 15.1 Å². The maximum absolute atomic E-state index is 13.4. The Morgan fingerprint density at radius 3 is 3.00 bits per heavy atom. The van der Waals surface area contributed by atoms with Crippen LogP contribution in [0.4, 0.5) is 4.39 Å². The van der Waals surface area contributed by atoms with Crippen LogP contribution < -0.4 is 0 Å². The molecule has 4 aromatic rings. The lowest BCUT2D eigenvalue weighted by molar-refractivity contribution is 0.630. The van der Waals surface area contributed by atoms with E-state index in [0.717, 1.165) is 22.1 Å². The van der Waals surface area contributed by atoms with E-state index in [-0.39, 0.29) is 5.82 Å². The molecule has 0 amide bonds. The van der Waals surface area contributed by atoms with Crippen LogP contribution in [0.15, 0.2) is 48.8 Å². The van der Waals surface area contributed by atoms with Gasteiger partial charge in [0, 0.05) is 28.9 Å². The molecule has 0 aliphatic carbocycles. The van der Waals surface area contributed by atoms with Gasteiger partial charge in [0.25, 0.3) is 0 Å². The smallest absolute Gasteiger partial charge is 0.184 e. The van der Waals surface area contributed by atoms with E-state index >= 15 is 0 Å². The molecule has 0 aliphatic rings. The summed E-state index contributed by atoms with van der Waals surface area (Å²) in [6.45, 7) is 0. The van der Waals surface area contributed by atoms with Crippen LogP contribution in [0.25, 0.3) is 27.9 Å². The number of H-pyrrole nitrogens is 1. The standard InChI is InChI=1S/C14H9FN4/c15-9-4-5-12-10(7-9)11(8-16-12)14-17-13-3-1-2-6-19(13)18-14/h1-8,16H. The highest BCUT2D eigenvalue weighted by Crippen LogP contribution is 2.27. The number of hydrogen-bond donors (Lipinski definition) is 1. The molecule has 0 bridgehead atoms. The Morgan fingerprint density at radius 1 is 1.16 bits per heavy atom. The minimum Gasteiger partial charge on any atom is -0.360 e. The van der Waals surface area contributed by atoms with E-state index in [1.807, 2.05) is 24.4 Å². The lowest BCUT2D eigenvalue weighted by Gasteiger charge is -1.93. The lowest BCUT2D eigenvalue weighted by atomic mass is 10.1. The predicted octanol–water partition coefficient (Wildman–Crippen LogP) is 3.02. The van der Waals surface area contributed by atoms with Crippen molar-refractivity contribution in [1.29, 1.82) is 0 Å². The number of aromatic amines is 1. The van der Waals surface area contributed by atoms with Gasteiger partial charge in [-0.15, -0.1) is 5.10 Å². The van der Waals surface area contributed by atoms with Crippen LogP contribution in [0.5, 0.6) is 0 Å². The zero-order valence-electron chi connectivity index (χ0n) is 9.84. The SMILES string of the molecule is Fc1ccc2[nH]cc(-c3nc4ccccn4n3)c2c1. The summed E-state index contributed by atoms with van der Waals surface area (Å²) in [5.41, 5.74) is 2.44. The van der Waals surface area contributed by atoms with Gasteiger partial charge < -0.3 is 4.98 Å². The summed E-state index contributed by atoms with van der Waals surface area (Å²) in [5, 5.41) is 5.19. The van der Waals surface area contributed by atoms with E-state index in [1.54, 1.807) is 16.8 Å². The summed E-state index contributed by atoms with van der Waals surface area (Å²) >= 11 is 0. The average Bonchev–Trinajstić information content (AvgIpc) is 3.00. The van der Waals surface area contributed by atoms with E-state index < -0.39 is 0 Å². The number of hydrogen-bond acceptors (Lipinski definition) is 2. The van der Waals surface area contributed by atoms with Crippen molar-refractivity contribution in [3.63, 3.8) is 0 Å². The maximum Gasteiger partial charge on any atom is 0.184 e. The highest BCUT2D eigenvalue weighted by Gasteiger charge is 2.11. The van der Waals surface area contributed by atoms with Gasteiger partial charge in [0.05, 0.1) is 0 Å².